The molecule has 0 bridgehead atoms. The Kier molecular flexibility index (Phi) is 6.82. The second kappa shape index (κ2) is 8.12. The first-order chi connectivity index (χ1) is 9.43. The van der Waals surface area contributed by atoms with Gasteiger partial charge in [0.2, 0.25) is 0 Å². The molecule has 5 nitrogen and oxygen atoms in total. The molecule has 1 rings (SSSR count). The zero-order valence-electron chi connectivity index (χ0n) is 12.9. The Labute approximate surface area is 121 Å². The molecule has 1 heterocycles. The summed E-state index contributed by atoms with van der Waals surface area (Å²) in [7, 11) is 0. The lowest BCUT2D eigenvalue weighted by Crippen LogP contribution is -2.42. The molecule has 20 heavy (non-hydrogen) atoms. The van der Waals surface area contributed by atoms with Gasteiger partial charge in [0.25, 0.3) is 0 Å². The number of hydrogen-bond acceptors (Lipinski definition) is 2. The second-order valence-electron chi connectivity index (χ2n) is 6.24. The van der Waals surface area contributed by atoms with Gasteiger partial charge in [-0.1, -0.05) is 27.2 Å². The summed E-state index contributed by atoms with van der Waals surface area (Å²) >= 11 is 0. The lowest BCUT2D eigenvalue weighted by Gasteiger charge is -2.20. The van der Waals surface area contributed by atoms with Gasteiger partial charge in [-0.3, -0.25) is 4.79 Å². The first kappa shape index (κ1) is 16.8. The van der Waals surface area contributed by atoms with Crippen LogP contribution in [0.25, 0.3) is 0 Å². The van der Waals surface area contributed by atoms with E-state index in [2.05, 4.69) is 12.2 Å². The van der Waals surface area contributed by atoms with Crippen molar-refractivity contribution in [1.82, 2.24) is 10.2 Å². The Morgan fingerprint density at radius 2 is 2.10 bits per heavy atom. The van der Waals surface area contributed by atoms with E-state index in [0.717, 1.165) is 32.4 Å². The van der Waals surface area contributed by atoms with E-state index in [1.807, 2.05) is 18.7 Å². The maximum Gasteiger partial charge on any atom is 0.317 e. The van der Waals surface area contributed by atoms with E-state index in [-0.39, 0.29) is 12.6 Å². The lowest BCUT2D eigenvalue weighted by atomic mass is 9.97. The van der Waals surface area contributed by atoms with Crippen LogP contribution in [-0.4, -0.2) is 41.6 Å². The third-order valence-corrected chi connectivity index (χ3v) is 3.87. The van der Waals surface area contributed by atoms with Crippen molar-refractivity contribution >= 4 is 12.0 Å². The Morgan fingerprint density at radius 3 is 2.65 bits per heavy atom. The molecule has 2 amide bonds. The largest absolute Gasteiger partial charge is 0.481 e. The second-order valence-corrected chi connectivity index (χ2v) is 6.24. The van der Waals surface area contributed by atoms with Crippen molar-refractivity contribution in [3.05, 3.63) is 0 Å². The maximum atomic E-state index is 12.0. The summed E-state index contributed by atoms with van der Waals surface area (Å²) < 4.78 is 0. The van der Waals surface area contributed by atoms with Gasteiger partial charge in [-0.2, -0.15) is 0 Å². The number of carbonyl (C=O) groups excluding carboxylic acids is 1. The summed E-state index contributed by atoms with van der Waals surface area (Å²) in [5, 5.41) is 11.9. The minimum absolute atomic E-state index is 0.112. The number of aliphatic carboxylic acids is 1. The van der Waals surface area contributed by atoms with Crippen LogP contribution in [-0.2, 0) is 4.79 Å². The molecule has 0 aliphatic carbocycles. The van der Waals surface area contributed by atoms with Crippen molar-refractivity contribution in [3.8, 4) is 0 Å². The number of amides is 2. The molecule has 5 heteroatoms. The average Bonchev–Trinajstić information content (AvgIpc) is 2.82. The van der Waals surface area contributed by atoms with Crippen molar-refractivity contribution < 1.29 is 14.7 Å². The number of carboxylic acids is 1. The molecule has 0 aromatic heterocycles. The molecule has 2 N–H and O–H groups in total. The van der Waals surface area contributed by atoms with Crippen LogP contribution in [0.2, 0.25) is 0 Å². The van der Waals surface area contributed by atoms with Gasteiger partial charge in [-0.15, -0.1) is 0 Å². The molecule has 1 saturated heterocycles. The molecule has 116 valence electrons. The number of carboxylic acid groups (broad SMARTS) is 1. The number of nitrogens with zero attached hydrogens (tertiary/aromatic N) is 1. The van der Waals surface area contributed by atoms with E-state index in [1.54, 1.807) is 0 Å². The minimum atomic E-state index is -0.829. The summed E-state index contributed by atoms with van der Waals surface area (Å²) in [5.41, 5.74) is 0. The Bertz CT molecular complexity index is 331. The van der Waals surface area contributed by atoms with Crippen LogP contribution in [0.5, 0.6) is 0 Å². The number of hydrogen-bond donors (Lipinski definition) is 2. The van der Waals surface area contributed by atoms with E-state index in [0.29, 0.717) is 18.3 Å². The van der Waals surface area contributed by atoms with Crippen molar-refractivity contribution in [2.45, 2.75) is 46.5 Å². The van der Waals surface area contributed by atoms with E-state index in [4.69, 9.17) is 5.11 Å². The fourth-order valence-electron chi connectivity index (χ4n) is 2.82. The first-order valence-corrected chi connectivity index (χ1v) is 7.69. The summed E-state index contributed by atoms with van der Waals surface area (Å²) in [6.45, 7) is 7.97. The summed E-state index contributed by atoms with van der Waals surface area (Å²) in [4.78, 5) is 25.0. The van der Waals surface area contributed by atoms with Gasteiger partial charge < -0.3 is 15.3 Å². The number of rotatable bonds is 7. The molecule has 0 spiro atoms. The predicted octanol–water partition coefficient (Wildman–Crippen LogP) is 2.56. The fraction of sp³-hybridized carbons (Fsp3) is 0.867. The van der Waals surface area contributed by atoms with Crippen LogP contribution in [0.4, 0.5) is 4.79 Å². The number of carbonyl (C=O) groups is 2. The number of nitrogens with one attached hydrogen (secondary N) is 1. The molecule has 0 saturated carbocycles. The SMILES string of the molecule is CCCC1CCN(C(=O)NCC(CC(C)C)C(=O)O)C1. The first-order valence-electron chi connectivity index (χ1n) is 7.69. The highest BCUT2D eigenvalue weighted by Gasteiger charge is 2.26. The topological polar surface area (TPSA) is 69.6 Å². The van der Waals surface area contributed by atoms with Gasteiger partial charge >= 0.3 is 12.0 Å². The van der Waals surface area contributed by atoms with Gasteiger partial charge in [0.05, 0.1) is 5.92 Å². The van der Waals surface area contributed by atoms with Crippen LogP contribution in [0.1, 0.15) is 46.5 Å². The molecule has 1 aliphatic heterocycles. The van der Waals surface area contributed by atoms with E-state index >= 15 is 0 Å². The van der Waals surface area contributed by atoms with Crippen molar-refractivity contribution in [3.63, 3.8) is 0 Å². The quantitative estimate of drug-likeness (QED) is 0.755. The van der Waals surface area contributed by atoms with Gasteiger partial charge in [0.15, 0.2) is 0 Å². The summed E-state index contributed by atoms with van der Waals surface area (Å²) in [5.74, 6) is -0.400. The average molecular weight is 284 g/mol. The summed E-state index contributed by atoms with van der Waals surface area (Å²) in [6.07, 6.45) is 3.97. The maximum absolute atomic E-state index is 12.0. The smallest absolute Gasteiger partial charge is 0.317 e. The normalized spacial score (nSPS) is 20.2. The van der Waals surface area contributed by atoms with Gasteiger partial charge in [-0.25, -0.2) is 4.79 Å². The molecule has 1 fully saturated rings. The van der Waals surface area contributed by atoms with E-state index in [9.17, 15) is 9.59 Å². The monoisotopic (exact) mass is 284 g/mol. The van der Waals surface area contributed by atoms with Gasteiger partial charge in [0.1, 0.15) is 0 Å². The third kappa shape index (κ3) is 5.39. The molecule has 0 aromatic rings. The van der Waals surface area contributed by atoms with Crippen molar-refractivity contribution in [2.24, 2.45) is 17.8 Å². The Morgan fingerprint density at radius 1 is 1.40 bits per heavy atom. The van der Waals surface area contributed by atoms with Crippen LogP contribution in [0.3, 0.4) is 0 Å². The molecule has 0 aromatic carbocycles. The van der Waals surface area contributed by atoms with Crippen LogP contribution >= 0.6 is 0 Å². The van der Waals surface area contributed by atoms with Crippen molar-refractivity contribution in [2.75, 3.05) is 19.6 Å². The molecule has 1 aliphatic rings. The number of urea groups is 1. The highest BCUT2D eigenvalue weighted by atomic mass is 16.4. The minimum Gasteiger partial charge on any atom is -0.481 e. The van der Waals surface area contributed by atoms with E-state index < -0.39 is 11.9 Å². The Balaban J connectivity index is 2.36. The third-order valence-electron chi connectivity index (χ3n) is 3.87. The predicted molar refractivity (Wildman–Crippen MR) is 78.6 cm³/mol. The van der Waals surface area contributed by atoms with E-state index in [1.165, 1.54) is 0 Å². The number of likely N-dealkylation sites (tertiary alicyclic amines) is 1. The van der Waals surface area contributed by atoms with Crippen LogP contribution in [0, 0.1) is 17.8 Å². The Hall–Kier alpha value is -1.26. The zero-order valence-corrected chi connectivity index (χ0v) is 12.9. The molecule has 2 atom stereocenters. The zero-order chi connectivity index (χ0) is 15.1. The van der Waals surface area contributed by atoms with Crippen LogP contribution in [0.15, 0.2) is 0 Å². The van der Waals surface area contributed by atoms with Gasteiger partial charge in [-0.05, 0) is 31.1 Å². The van der Waals surface area contributed by atoms with Gasteiger partial charge in [0, 0.05) is 19.6 Å². The lowest BCUT2D eigenvalue weighted by molar-refractivity contribution is -0.142. The molecular weight excluding hydrogens is 256 g/mol. The molecule has 2 unspecified atom stereocenters. The highest BCUT2D eigenvalue weighted by molar-refractivity contribution is 5.76. The standard InChI is InChI=1S/C15H28N2O3/c1-4-5-12-6-7-17(10-12)15(20)16-9-13(14(18)19)8-11(2)3/h11-13H,4-10H2,1-3H3,(H,16,20)(H,18,19). The molecule has 0 radical (unpaired) electrons. The molecular formula is C15H28N2O3. The van der Waals surface area contributed by atoms with Crippen molar-refractivity contribution in [1.29, 1.82) is 0 Å². The highest BCUT2D eigenvalue weighted by Crippen LogP contribution is 2.20. The summed E-state index contributed by atoms with van der Waals surface area (Å²) in [6, 6.07) is -0.112. The van der Waals surface area contributed by atoms with Crippen LogP contribution < -0.4 is 5.32 Å². The fourth-order valence-corrected chi connectivity index (χ4v) is 2.82.